The normalized spacial score (nSPS) is 10.1. The highest BCUT2D eigenvalue weighted by atomic mass is 16.5. The van der Waals surface area contributed by atoms with Crippen LogP contribution in [0.4, 0.5) is 5.69 Å². The fourth-order valence-corrected chi connectivity index (χ4v) is 1.94. The number of hydrogen-bond acceptors (Lipinski definition) is 5. The highest BCUT2D eigenvalue weighted by Crippen LogP contribution is 2.14. The summed E-state index contributed by atoms with van der Waals surface area (Å²) in [6.07, 6.45) is 1.91. The fraction of sp³-hybridized carbons (Fsp3) is 0.533. The Balaban J connectivity index is 2.80. The molecule has 0 saturated heterocycles. The van der Waals surface area contributed by atoms with Gasteiger partial charge in [0.25, 0.3) is 5.91 Å². The molecule has 1 aromatic heterocycles. The molecular formula is C15H23N3O3. The quantitative estimate of drug-likeness (QED) is 0.714. The molecule has 1 rings (SSSR count). The van der Waals surface area contributed by atoms with Crippen LogP contribution in [0.3, 0.4) is 0 Å². The standard InChI is InChI=1S/C15H23N3O3/c1-5-18(6-2)15(20)13-11-12(7-9-16-13)17(3)10-8-14(19)21-4/h7,9,11H,5-6,8,10H2,1-4H3. The molecule has 0 aromatic carbocycles. The van der Waals surface area contributed by atoms with Crippen LogP contribution in [0.25, 0.3) is 0 Å². The molecule has 6 nitrogen and oxygen atoms in total. The van der Waals surface area contributed by atoms with Crippen molar-refractivity contribution in [3.8, 4) is 0 Å². The number of carbonyl (C=O) groups excluding carboxylic acids is 2. The molecule has 1 heterocycles. The van der Waals surface area contributed by atoms with Crippen LogP contribution in [0.1, 0.15) is 30.8 Å². The highest BCUT2D eigenvalue weighted by Gasteiger charge is 2.15. The first-order chi connectivity index (χ1) is 10.0. The number of anilines is 1. The number of pyridine rings is 1. The molecule has 6 heteroatoms. The monoisotopic (exact) mass is 293 g/mol. The molecule has 0 radical (unpaired) electrons. The van der Waals surface area contributed by atoms with E-state index in [1.54, 1.807) is 17.2 Å². The van der Waals surface area contributed by atoms with Crippen molar-refractivity contribution in [3.05, 3.63) is 24.0 Å². The van der Waals surface area contributed by atoms with Crippen molar-refractivity contribution < 1.29 is 14.3 Å². The Hall–Kier alpha value is -2.11. The number of carbonyl (C=O) groups is 2. The number of amides is 1. The van der Waals surface area contributed by atoms with Crippen molar-refractivity contribution in [1.29, 1.82) is 0 Å². The van der Waals surface area contributed by atoms with Crippen molar-refractivity contribution in [2.75, 3.05) is 38.7 Å². The first-order valence-electron chi connectivity index (χ1n) is 7.06. The predicted molar refractivity (Wildman–Crippen MR) is 81.4 cm³/mol. The van der Waals surface area contributed by atoms with Crippen molar-refractivity contribution in [2.45, 2.75) is 20.3 Å². The predicted octanol–water partition coefficient (Wildman–Crippen LogP) is 1.56. The van der Waals surface area contributed by atoms with Crippen molar-refractivity contribution in [1.82, 2.24) is 9.88 Å². The summed E-state index contributed by atoms with van der Waals surface area (Å²) in [5, 5.41) is 0. The number of rotatable bonds is 7. The zero-order valence-electron chi connectivity index (χ0n) is 13.1. The smallest absolute Gasteiger partial charge is 0.307 e. The molecular weight excluding hydrogens is 270 g/mol. The number of methoxy groups -OCH3 is 1. The van der Waals surface area contributed by atoms with Crippen LogP contribution in [0.2, 0.25) is 0 Å². The molecule has 0 aliphatic rings. The topological polar surface area (TPSA) is 62.7 Å². The summed E-state index contributed by atoms with van der Waals surface area (Å²) in [5.41, 5.74) is 1.27. The van der Waals surface area contributed by atoms with Gasteiger partial charge in [0.15, 0.2) is 0 Å². The Morgan fingerprint density at radius 3 is 2.52 bits per heavy atom. The first kappa shape index (κ1) is 16.9. The molecule has 0 N–H and O–H groups in total. The lowest BCUT2D eigenvalue weighted by molar-refractivity contribution is -0.140. The number of aromatic nitrogens is 1. The second-order valence-corrected chi connectivity index (χ2v) is 4.62. The third-order valence-corrected chi connectivity index (χ3v) is 3.33. The van der Waals surface area contributed by atoms with E-state index >= 15 is 0 Å². The summed E-state index contributed by atoms with van der Waals surface area (Å²) in [6, 6.07) is 3.56. The van der Waals surface area contributed by atoms with Gasteiger partial charge < -0.3 is 14.5 Å². The number of ether oxygens (including phenoxy) is 1. The molecule has 0 spiro atoms. The summed E-state index contributed by atoms with van der Waals surface area (Å²) >= 11 is 0. The van der Waals surface area contributed by atoms with Crippen LogP contribution in [0, 0.1) is 0 Å². The van der Waals surface area contributed by atoms with Gasteiger partial charge in [0.05, 0.1) is 13.5 Å². The molecule has 0 aliphatic carbocycles. The zero-order valence-corrected chi connectivity index (χ0v) is 13.1. The summed E-state index contributed by atoms with van der Waals surface area (Å²) in [7, 11) is 3.24. The Morgan fingerprint density at radius 1 is 1.29 bits per heavy atom. The van der Waals surface area contributed by atoms with Gasteiger partial charge >= 0.3 is 5.97 Å². The van der Waals surface area contributed by atoms with E-state index in [0.717, 1.165) is 5.69 Å². The molecule has 1 aromatic rings. The first-order valence-corrected chi connectivity index (χ1v) is 7.06. The van der Waals surface area contributed by atoms with Gasteiger partial charge in [-0.1, -0.05) is 0 Å². The molecule has 0 fully saturated rings. The lowest BCUT2D eigenvalue weighted by Crippen LogP contribution is -2.31. The number of nitrogens with zero attached hydrogens (tertiary/aromatic N) is 3. The van der Waals surface area contributed by atoms with Gasteiger partial charge in [0.1, 0.15) is 5.69 Å². The Morgan fingerprint density at radius 2 is 1.95 bits per heavy atom. The summed E-state index contributed by atoms with van der Waals surface area (Å²) < 4.78 is 4.62. The van der Waals surface area contributed by atoms with Crippen LogP contribution in [-0.4, -0.2) is 55.6 Å². The minimum Gasteiger partial charge on any atom is -0.469 e. The number of esters is 1. The van der Waals surface area contributed by atoms with Gasteiger partial charge in [-0.3, -0.25) is 14.6 Å². The van der Waals surface area contributed by atoms with E-state index in [2.05, 4.69) is 9.72 Å². The molecule has 1 amide bonds. The minimum atomic E-state index is -0.254. The molecule has 0 aliphatic heterocycles. The van der Waals surface area contributed by atoms with Crippen LogP contribution in [0.5, 0.6) is 0 Å². The SMILES string of the molecule is CCN(CC)C(=O)c1cc(N(C)CCC(=O)OC)ccn1. The maximum atomic E-state index is 12.3. The minimum absolute atomic E-state index is 0.0804. The van der Waals surface area contributed by atoms with Crippen LogP contribution >= 0.6 is 0 Å². The Labute approximate surface area is 125 Å². The summed E-state index contributed by atoms with van der Waals surface area (Å²) in [6.45, 7) is 5.70. The molecule has 0 bridgehead atoms. The average Bonchev–Trinajstić information content (AvgIpc) is 2.53. The molecule has 0 atom stereocenters. The van der Waals surface area contributed by atoms with Gasteiger partial charge in [-0.05, 0) is 26.0 Å². The lowest BCUT2D eigenvalue weighted by Gasteiger charge is -2.21. The Bertz CT molecular complexity index is 487. The fourth-order valence-electron chi connectivity index (χ4n) is 1.94. The van der Waals surface area contributed by atoms with Gasteiger partial charge in [-0.2, -0.15) is 0 Å². The second-order valence-electron chi connectivity index (χ2n) is 4.62. The van der Waals surface area contributed by atoms with E-state index in [9.17, 15) is 9.59 Å². The van der Waals surface area contributed by atoms with Crippen molar-refractivity contribution in [3.63, 3.8) is 0 Å². The van der Waals surface area contributed by atoms with Crippen LogP contribution in [-0.2, 0) is 9.53 Å². The van der Waals surface area contributed by atoms with Crippen molar-refractivity contribution >= 4 is 17.6 Å². The lowest BCUT2D eigenvalue weighted by atomic mass is 10.2. The highest BCUT2D eigenvalue weighted by molar-refractivity contribution is 5.93. The molecule has 0 saturated carbocycles. The number of hydrogen-bond donors (Lipinski definition) is 0. The van der Waals surface area contributed by atoms with Gasteiger partial charge in [-0.25, -0.2) is 0 Å². The largest absolute Gasteiger partial charge is 0.469 e. The maximum Gasteiger partial charge on any atom is 0.307 e. The van der Waals surface area contributed by atoms with E-state index < -0.39 is 0 Å². The van der Waals surface area contributed by atoms with Crippen LogP contribution < -0.4 is 4.90 Å². The maximum absolute atomic E-state index is 12.3. The van der Waals surface area contributed by atoms with E-state index in [4.69, 9.17) is 0 Å². The zero-order chi connectivity index (χ0) is 15.8. The van der Waals surface area contributed by atoms with Crippen LogP contribution in [0.15, 0.2) is 18.3 Å². The molecule has 0 unspecified atom stereocenters. The Kier molecular flexibility index (Phi) is 6.65. The summed E-state index contributed by atoms with van der Waals surface area (Å²) in [5.74, 6) is -0.335. The van der Waals surface area contributed by atoms with E-state index in [1.807, 2.05) is 31.9 Å². The van der Waals surface area contributed by atoms with Crippen molar-refractivity contribution in [2.24, 2.45) is 0 Å². The summed E-state index contributed by atoms with van der Waals surface area (Å²) in [4.78, 5) is 31.2. The molecule has 116 valence electrons. The van der Waals surface area contributed by atoms with Gasteiger partial charge in [-0.15, -0.1) is 0 Å². The van der Waals surface area contributed by atoms with E-state index in [-0.39, 0.29) is 11.9 Å². The average molecular weight is 293 g/mol. The van der Waals surface area contributed by atoms with Gasteiger partial charge in [0.2, 0.25) is 0 Å². The molecule has 21 heavy (non-hydrogen) atoms. The van der Waals surface area contributed by atoms with Gasteiger partial charge in [0, 0.05) is 38.6 Å². The third kappa shape index (κ3) is 4.73. The third-order valence-electron chi connectivity index (χ3n) is 3.33. The van der Waals surface area contributed by atoms with E-state index in [1.165, 1.54) is 7.11 Å². The second kappa shape index (κ2) is 8.24. The van der Waals surface area contributed by atoms with E-state index in [0.29, 0.717) is 31.7 Å².